The van der Waals surface area contributed by atoms with E-state index < -0.39 is 0 Å². The Labute approximate surface area is 112 Å². The van der Waals surface area contributed by atoms with Gasteiger partial charge in [-0.2, -0.15) is 0 Å². The molecule has 0 aliphatic rings. The minimum Gasteiger partial charge on any atom is -0.508 e. The van der Waals surface area contributed by atoms with Gasteiger partial charge < -0.3 is 10.4 Å². The third-order valence-electron chi connectivity index (χ3n) is 3.07. The molecule has 0 radical (unpaired) electrons. The number of phenolic OH excluding ortho intramolecular Hbond substituents is 1. The molecule has 2 nitrogen and oxygen atoms in total. The summed E-state index contributed by atoms with van der Waals surface area (Å²) in [5.74, 6) is 0.143. The third kappa shape index (κ3) is 3.55. The van der Waals surface area contributed by atoms with Crippen LogP contribution >= 0.6 is 0 Å². The molecule has 0 aromatic heterocycles. The minimum absolute atomic E-state index is 0.128. The first-order chi connectivity index (χ1) is 9.06. The van der Waals surface area contributed by atoms with Gasteiger partial charge in [-0.3, -0.25) is 0 Å². The number of phenols is 1. The van der Waals surface area contributed by atoms with Crippen molar-refractivity contribution in [2.45, 2.75) is 26.9 Å². The Hall–Kier alpha value is -1.87. The zero-order chi connectivity index (χ0) is 13.8. The molecule has 0 spiro atoms. The highest BCUT2D eigenvalue weighted by Crippen LogP contribution is 2.15. The SMILES string of the molecule is Cc1cc(CNCc2cccc(O)c2)cc(C)c1F. The van der Waals surface area contributed by atoms with Gasteiger partial charge in [0.15, 0.2) is 0 Å². The second-order valence-electron chi connectivity index (χ2n) is 4.82. The van der Waals surface area contributed by atoms with Crippen LogP contribution in [-0.2, 0) is 13.1 Å². The lowest BCUT2D eigenvalue weighted by Crippen LogP contribution is -2.13. The molecule has 2 aromatic rings. The van der Waals surface area contributed by atoms with Crippen LogP contribution in [0.2, 0.25) is 0 Å². The van der Waals surface area contributed by atoms with Crippen LogP contribution in [0.1, 0.15) is 22.3 Å². The molecular formula is C16H18FNO. The van der Waals surface area contributed by atoms with Gasteiger partial charge in [-0.25, -0.2) is 4.39 Å². The summed E-state index contributed by atoms with van der Waals surface area (Å²) in [5.41, 5.74) is 3.44. The fourth-order valence-electron chi connectivity index (χ4n) is 2.16. The fraction of sp³-hybridized carbons (Fsp3) is 0.250. The van der Waals surface area contributed by atoms with Gasteiger partial charge in [-0.05, 0) is 48.2 Å². The zero-order valence-electron chi connectivity index (χ0n) is 11.2. The number of aryl methyl sites for hydroxylation is 2. The van der Waals surface area contributed by atoms with Gasteiger partial charge >= 0.3 is 0 Å². The summed E-state index contributed by atoms with van der Waals surface area (Å²) in [7, 11) is 0. The van der Waals surface area contributed by atoms with Gasteiger partial charge in [-0.15, -0.1) is 0 Å². The first kappa shape index (κ1) is 13.6. The van der Waals surface area contributed by atoms with Crippen LogP contribution < -0.4 is 5.32 Å². The number of rotatable bonds is 4. The van der Waals surface area contributed by atoms with Crippen molar-refractivity contribution in [3.63, 3.8) is 0 Å². The van der Waals surface area contributed by atoms with E-state index in [0.717, 1.165) is 11.1 Å². The van der Waals surface area contributed by atoms with E-state index in [9.17, 15) is 9.50 Å². The van der Waals surface area contributed by atoms with Crippen molar-refractivity contribution in [2.75, 3.05) is 0 Å². The Morgan fingerprint density at radius 2 is 1.63 bits per heavy atom. The van der Waals surface area contributed by atoms with E-state index in [-0.39, 0.29) is 11.6 Å². The van der Waals surface area contributed by atoms with Crippen molar-refractivity contribution in [3.05, 3.63) is 64.5 Å². The summed E-state index contributed by atoms with van der Waals surface area (Å²) < 4.78 is 13.5. The molecule has 0 bridgehead atoms. The third-order valence-corrected chi connectivity index (χ3v) is 3.07. The Morgan fingerprint density at radius 3 is 2.26 bits per heavy atom. The molecule has 0 fully saturated rings. The van der Waals surface area contributed by atoms with E-state index >= 15 is 0 Å². The van der Waals surface area contributed by atoms with Crippen LogP contribution in [0.3, 0.4) is 0 Å². The van der Waals surface area contributed by atoms with Crippen LogP contribution in [0.25, 0.3) is 0 Å². The minimum atomic E-state index is -0.128. The van der Waals surface area contributed by atoms with Crippen LogP contribution in [0.4, 0.5) is 4.39 Å². The lowest BCUT2D eigenvalue weighted by molar-refractivity contribution is 0.474. The van der Waals surface area contributed by atoms with Crippen molar-refractivity contribution >= 4 is 0 Å². The molecule has 0 aliphatic heterocycles. The van der Waals surface area contributed by atoms with E-state index in [1.165, 1.54) is 0 Å². The van der Waals surface area contributed by atoms with Gasteiger partial charge in [0.2, 0.25) is 0 Å². The summed E-state index contributed by atoms with van der Waals surface area (Å²) in [4.78, 5) is 0. The largest absolute Gasteiger partial charge is 0.508 e. The predicted octanol–water partition coefficient (Wildman–Crippen LogP) is 3.44. The maximum absolute atomic E-state index is 13.5. The highest BCUT2D eigenvalue weighted by molar-refractivity contribution is 5.31. The molecule has 0 saturated heterocycles. The van der Waals surface area contributed by atoms with E-state index in [1.54, 1.807) is 26.0 Å². The number of hydrogen-bond donors (Lipinski definition) is 2. The lowest BCUT2D eigenvalue weighted by atomic mass is 10.1. The molecule has 2 aromatic carbocycles. The summed E-state index contributed by atoms with van der Waals surface area (Å²) in [6.07, 6.45) is 0. The first-order valence-corrected chi connectivity index (χ1v) is 6.30. The quantitative estimate of drug-likeness (QED) is 0.881. The molecule has 3 heteroatoms. The Kier molecular flexibility index (Phi) is 4.17. The molecule has 19 heavy (non-hydrogen) atoms. The molecule has 0 amide bonds. The van der Waals surface area contributed by atoms with Crippen LogP contribution in [0.5, 0.6) is 5.75 Å². The maximum atomic E-state index is 13.5. The average molecular weight is 259 g/mol. The standard InChI is InChI=1S/C16H18FNO/c1-11-6-14(7-12(2)16(11)17)10-18-9-13-4-3-5-15(19)8-13/h3-8,18-19H,9-10H2,1-2H3. The Balaban J connectivity index is 1.96. The van der Waals surface area contributed by atoms with Gasteiger partial charge in [-0.1, -0.05) is 24.3 Å². The van der Waals surface area contributed by atoms with E-state index in [1.807, 2.05) is 24.3 Å². The first-order valence-electron chi connectivity index (χ1n) is 6.30. The van der Waals surface area contributed by atoms with Crippen molar-refractivity contribution in [1.82, 2.24) is 5.32 Å². The summed E-state index contributed by atoms with van der Waals surface area (Å²) >= 11 is 0. The van der Waals surface area contributed by atoms with E-state index in [4.69, 9.17) is 0 Å². The van der Waals surface area contributed by atoms with E-state index in [2.05, 4.69) is 5.32 Å². The van der Waals surface area contributed by atoms with Crippen molar-refractivity contribution in [1.29, 1.82) is 0 Å². The van der Waals surface area contributed by atoms with Crippen LogP contribution in [0.15, 0.2) is 36.4 Å². The van der Waals surface area contributed by atoms with Crippen molar-refractivity contribution in [3.8, 4) is 5.75 Å². The summed E-state index contributed by atoms with van der Waals surface area (Å²) in [5, 5.41) is 12.6. The second-order valence-corrected chi connectivity index (χ2v) is 4.82. The molecule has 100 valence electrons. The topological polar surface area (TPSA) is 32.3 Å². The van der Waals surface area contributed by atoms with Gasteiger partial charge in [0.05, 0.1) is 0 Å². The highest BCUT2D eigenvalue weighted by Gasteiger charge is 2.04. The molecule has 0 aliphatic carbocycles. The fourth-order valence-corrected chi connectivity index (χ4v) is 2.16. The van der Waals surface area contributed by atoms with Crippen LogP contribution in [0, 0.1) is 19.7 Å². The highest BCUT2D eigenvalue weighted by atomic mass is 19.1. The average Bonchev–Trinajstić information content (AvgIpc) is 2.36. The van der Waals surface area contributed by atoms with E-state index in [0.29, 0.717) is 24.2 Å². The van der Waals surface area contributed by atoms with Crippen molar-refractivity contribution in [2.24, 2.45) is 0 Å². The lowest BCUT2D eigenvalue weighted by Gasteiger charge is -2.09. The molecule has 0 saturated carbocycles. The van der Waals surface area contributed by atoms with Crippen LogP contribution in [-0.4, -0.2) is 5.11 Å². The number of nitrogens with one attached hydrogen (secondary N) is 1. The predicted molar refractivity (Wildman–Crippen MR) is 74.5 cm³/mol. The summed E-state index contributed by atoms with van der Waals surface area (Å²) in [6.45, 7) is 4.91. The van der Waals surface area contributed by atoms with Gasteiger partial charge in [0.25, 0.3) is 0 Å². The molecule has 0 atom stereocenters. The molecular weight excluding hydrogens is 241 g/mol. The molecule has 0 unspecified atom stereocenters. The summed E-state index contributed by atoms with van der Waals surface area (Å²) in [6, 6.07) is 10.9. The molecule has 2 rings (SSSR count). The van der Waals surface area contributed by atoms with Gasteiger partial charge in [0.1, 0.15) is 11.6 Å². The molecule has 2 N–H and O–H groups in total. The smallest absolute Gasteiger partial charge is 0.129 e. The Morgan fingerprint density at radius 1 is 1.00 bits per heavy atom. The monoisotopic (exact) mass is 259 g/mol. The van der Waals surface area contributed by atoms with Gasteiger partial charge in [0, 0.05) is 13.1 Å². The second kappa shape index (κ2) is 5.85. The number of benzene rings is 2. The van der Waals surface area contributed by atoms with Crippen molar-refractivity contribution < 1.29 is 9.50 Å². The maximum Gasteiger partial charge on any atom is 0.129 e. The number of halogens is 1. The normalized spacial score (nSPS) is 10.7. The number of hydrogen-bond acceptors (Lipinski definition) is 2. The number of aromatic hydroxyl groups is 1. The zero-order valence-corrected chi connectivity index (χ0v) is 11.2. The molecule has 0 heterocycles. The Bertz CT molecular complexity index is 558.